The van der Waals surface area contributed by atoms with Gasteiger partial charge < -0.3 is 16.4 Å². The van der Waals surface area contributed by atoms with Crippen molar-refractivity contribution in [2.45, 2.75) is 45.1 Å². The molecule has 0 aromatic heterocycles. The summed E-state index contributed by atoms with van der Waals surface area (Å²) < 4.78 is 0. The molecule has 1 saturated carbocycles. The smallest absolute Gasteiger partial charge is 0.263 e. The second-order valence-electron chi connectivity index (χ2n) is 5.71. The molecule has 1 aliphatic rings. The van der Waals surface area contributed by atoms with Crippen LogP contribution in [0.4, 0.5) is 11.4 Å². The highest BCUT2D eigenvalue weighted by molar-refractivity contribution is 5.97. The number of hydrogen-bond acceptors (Lipinski definition) is 4. The van der Waals surface area contributed by atoms with Crippen LogP contribution in [-0.4, -0.2) is 11.9 Å². The van der Waals surface area contributed by atoms with Crippen molar-refractivity contribution in [2.24, 2.45) is 0 Å². The van der Waals surface area contributed by atoms with E-state index in [1.165, 1.54) is 12.6 Å². The molecule has 0 bridgehead atoms. The van der Waals surface area contributed by atoms with Crippen molar-refractivity contribution in [1.82, 2.24) is 5.32 Å². The molecule has 0 atom stereocenters. The number of nitriles is 1. The highest BCUT2D eigenvalue weighted by atomic mass is 16.1. The maximum absolute atomic E-state index is 12.1. The Morgan fingerprint density at radius 2 is 2.09 bits per heavy atom. The van der Waals surface area contributed by atoms with Gasteiger partial charge in [0.2, 0.25) is 0 Å². The molecule has 1 aliphatic carbocycles. The van der Waals surface area contributed by atoms with Crippen molar-refractivity contribution >= 4 is 17.3 Å². The molecule has 0 spiro atoms. The molecule has 5 heteroatoms. The quantitative estimate of drug-likeness (QED) is 0.453. The monoisotopic (exact) mass is 298 g/mol. The molecule has 0 saturated heterocycles. The van der Waals surface area contributed by atoms with Crippen LogP contribution in [0.25, 0.3) is 0 Å². The van der Waals surface area contributed by atoms with Gasteiger partial charge in [0.15, 0.2) is 0 Å². The first-order valence-electron chi connectivity index (χ1n) is 7.64. The molecule has 2 rings (SSSR count). The first kappa shape index (κ1) is 15.9. The van der Waals surface area contributed by atoms with Crippen LogP contribution in [0, 0.1) is 18.3 Å². The molecule has 0 radical (unpaired) electrons. The van der Waals surface area contributed by atoms with Gasteiger partial charge >= 0.3 is 0 Å². The van der Waals surface area contributed by atoms with Gasteiger partial charge in [0.25, 0.3) is 5.91 Å². The molecule has 0 aliphatic heterocycles. The number of carbonyl (C=O) groups excluding carboxylic acids is 1. The van der Waals surface area contributed by atoms with Gasteiger partial charge in [-0.25, -0.2) is 0 Å². The zero-order valence-electron chi connectivity index (χ0n) is 12.9. The zero-order chi connectivity index (χ0) is 15.9. The van der Waals surface area contributed by atoms with Crippen molar-refractivity contribution < 1.29 is 4.79 Å². The minimum Gasteiger partial charge on any atom is -0.397 e. The van der Waals surface area contributed by atoms with Crippen molar-refractivity contribution in [3.8, 4) is 6.07 Å². The third kappa shape index (κ3) is 4.26. The highest BCUT2D eigenvalue weighted by Gasteiger charge is 2.18. The fourth-order valence-electron chi connectivity index (χ4n) is 2.60. The molecule has 5 nitrogen and oxygen atoms in total. The van der Waals surface area contributed by atoms with E-state index in [1.54, 1.807) is 6.07 Å². The maximum atomic E-state index is 12.1. The number of anilines is 2. The Hall–Kier alpha value is -2.48. The molecule has 0 unspecified atom stereocenters. The Kier molecular flexibility index (Phi) is 5.42. The van der Waals surface area contributed by atoms with Crippen molar-refractivity contribution in [3.63, 3.8) is 0 Å². The van der Waals surface area contributed by atoms with E-state index in [4.69, 9.17) is 5.73 Å². The van der Waals surface area contributed by atoms with Gasteiger partial charge in [0.05, 0.1) is 11.4 Å². The summed E-state index contributed by atoms with van der Waals surface area (Å²) in [6.45, 7) is 1.95. The van der Waals surface area contributed by atoms with E-state index in [9.17, 15) is 10.1 Å². The number of aryl methyl sites for hydroxylation is 1. The zero-order valence-corrected chi connectivity index (χ0v) is 12.9. The average molecular weight is 298 g/mol. The molecule has 1 fully saturated rings. The number of rotatable bonds is 4. The number of hydrogen-bond donors (Lipinski definition) is 3. The SMILES string of the molecule is Cc1ccc(N)c(N/C=C(/C#N)C(=O)NC2CCCCC2)c1. The molecule has 116 valence electrons. The Labute approximate surface area is 131 Å². The number of nitrogens with two attached hydrogens (primary N) is 1. The van der Waals surface area contributed by atoms with Gasteiger partial charge in [0, 0.05) is 12.2 Å². The summed E-state index contributed by atoms with van der Waals surface area (Å²) in [7, 11) is 0. The van der Waals surface area contributed by atoms with Crippen LogP contribution in [0.5, 0.6) is 0 Å². The molecular formula is C17H22N4O. The molecular weight excluding hydrogens is 276 g/mol. The summed E-state index contributed by atoms with van der Waals surface area (Å²) in [4.78, 5) is 12.1. The van der Waals surface area contributed by atoms with Crippen LogP contribution < -0.4 is 16.4 Å². The third-order valence-electron chi connectivity index (χ3n) is 3.89. The van der Waals surface area contributed by atoms with E-state index >= 15 is 0 Å². The highest BCUT2D eigenvalue weighted by Crippen LogP contribution is 2.20. The van der Waals surface area contributed by atoms with Crippen molar-refractivity contribution in [1.29, 1.82) is 5.26 Å². The summed E-state index contributed by atoms with van der Waals surface area (Å²) >= 11 is 0. The van der Waals surface area contributed by atoms with E-state index in [1.807, 2.05) is 25.1 Å². The van der Waals surface area contributed by atoms with Crippen LogP contribution in [0.3, 0.4) is 0 Å². The van der Waals surface area contributed by atoms with E-state index in [0.29, 0.717) is 11.4 Å². The minimum atomic E-state index is -0.326. The molecule has 0 heterocycles. The Morgan fingerprint density at radius 1 is 1.36 bits per heavy atom. The van der Waals surface area contributed by atoms with Crippen LogP contribution in [-0.2, 0) is 4.79 Å². The minimum absolute atomic E-state index is 0.0616. The van der Waals surface area contributed by atoms with E-state index < -0.39 is 0 Å². The lowest BCUT2D eigenvalue weighted by molar-refractivity contribution is -0.118. The van der Waals surface area contributed by atoms with Gasteiger partial charge in [-0.1, -0.05) is 25.3 Å². The fraction of sp³-hybridized carbons (Fsp3) is 0.412. The van der Waals surface area contributed by atoms with Crippen molar-refractivity contribution in [2.75, 3.05) is 11.1 Å². The van der Waals surface area contributed by atoms with Crippen LogP contribution in [0.2, 0.25) is 0 Å². The lowest BCUT2D eigenvalue weighted by atomic mass is 9.95. The van der Waals surface area contributed by atoms with Crippen LogP contribution in [0.15, 0.2) is 30.0 Å². The van der Waals surface area contributed by atoms with Gasteiger partial charge in [-0.2, -0.15) is 5.26 Å². The van der Waals surface area contributed by atoms with Crippen LogP contribution in [0.1, 0.15) is 37.7 Å². The number of nitrogens with one attached hydrogen (secondary N) is 2. The summed E-state index contributed by atoms with van der Waals surface area (Å²) in [5.41, 5.74) is 8.25. The first-order chi connectivity index (χ1) is 10.6. The van der Waals surface area contributed by atoms with E-state index in [2.05, 4.69) is 10.6 Å². The third-order valence-corrected chi connectivity index (χ3v) is 3.89. The molecule has 4 N–H and O–H groups in total. The average Bonchev–Trinajstić information content (AvgIpc) is 2.52. The van der Waals surface area contributed by atoms with Gasteiger partial charge in [0.1, 0.15) is 11.6 Å². The maximum Gasteiger partial charge on any atom is 0.263 e. The number of nitrogen functional groups attached to an aromatic ring is 1. The molecule has 1 aromatic rings. The number of nitrogens with zero attached hydrogens (tertiary/aromatic N) is 1. The van der Waals surface area contributed by atoms with Gasteiger partial charge in [-0.15, -0.1) is 0 Å². The fourth-order valence-corrected chi connectivity index (χ4v) is 2.60. The summed E-state index contributed by atoms with van der Waals surface area (Å²) in [6.07, 6.45) is 6.89. The van der Waals surface area contributed by atoms with Gasteiger partial charge in [-0.05, 0) is 37.5 Å². The van der Waals surface area contributed by atoms with Crippen LogP contribution >= 0.6 is 0 Å². The summed E-state index contributed by atoms with van der Waals surface area (Å²) in [6, 6.07) is 7.70. The predicted octanol–water partition coefficient (Wildman–Crippen LogP) is 2.85. The predicted molar refractivity (Wildman–Crippen MR) is 87.9 cm³/mol. The number of amides is 1. The Balaban J connectivity index is 2.02. The normalized spacial score (nSPS) is 15.9. The number of carbonyl (C=O) groups is 1. The Bertz CT molecular complexity index is 610. The first-order valence-corrected chi connectivity index (χ1v) is 7.64. The number of benzene rings is 1. The standard InChI is InChI=1S/C17H22N4O/c1-12-7-8-15(19)16(9-12)20-11-13(10-18)17(22)21-14-5-3-2-4-6-14/h7-9,11,14,20H,2-6,19H2,1H3,(H,21,22)/b13-11-. The van der Waals surface area contributed by atoms with E-state index in [-0.39, 0.29) is 17.5 Å². The lowest BCUT2D eigenvalue weighted by Gasteiger charge is -2.22. The summed E-state index contributed by atoms with van der Waals surface area (Å²) in [5, 5.41) is 15.1. The van der Waals surface area contributed by atoms with Gasteiger partial charge in [-0.3, -0.25) is 4.79 Å². The second kappa shape index (κ2) is 7.51. The largest absolute Gasteiger partial charge is 0.397 e. The topological polar surface area (TPSA) is 90.9 Å². The van der Waals surface area contributed by atoms with Crippen molar-refractivity contribution in [3.05, 3.63) is 35.5 Å². The molecule has 22 heavy (non-hydrogen) atoms. The Morgan fingerprint density at radius 3 is 2.77 bits per heavy atom. The summed E-state index contributed by atoms with van der Waals surface area (Å²) in [5.74, 6) is -0.326. The lowest BCUT2D eigenvalue weighted by Crippen LogP contribution is -2.37. The second-order valence-corrected chi connectivity index (χ2v) is 5.71. The molecule has 1 aromatic carbocycles. The van der Waals surface area contributed by atoms with E-state index in [0.717, 1.165) is 31.2 Å². The molecule has 1 amide bonds.